The third kappa shape index (κ3) is 4.91. The number of fused-ring (bicyclic) bond motifs is 1. The molecular formula is C22H22N2O3. The lowest BCUT2D eigenvalue weighted by atomic mass is 10.0. The van der Waals surface area contributed by atoms with Crippen molar-refractivity contribution in [3.63, 3.8) is 0 Å². The number of carbonyl (C=O) groups excluding carboxylic acids is 2. The van der Waals surface area contributed by atoms with Crippen molar-refractivity contribution in [3.8, 4) is 0 Å². The normalized spacial score (nSPS) is 12.0. The molecule has 1 unspecified atom stereocenters. The van der Waals surface area contributed by atoms with Gasteiger partial charge in [-0.15, -0.1) is 0 Å². The SMILES string of the molecule is CC(C)OC(=O)CC(NC(=O)c1ccc2ccccc2n1)c1ccccc1. The molecule has 0 aliphatic heterocycles. The standard InChI is InChI=1S/C22H22N2O3/c1-15(2)27-21(25)14-20(16-8-4-3-5-9-16)24-22(26)19-13-12-17-10-6-7-11-18(17)23-19/h3-13,15,20H,14H2,1-2H3,(H,24,26). The first-order valence-corrected chi connectivity index (χ1v) is 8.94. The van der Waals surface area contributed by atoms with E-state index in [2.05, 4.69) is 10.3 Å². The van der Waals surface area contributed by atoms with Gasteiger partial charge in [0.1, 0.15) is 5.69 Å². The molecule has 0 saturated heterocycles. The van der Waals surface area contributed by atoms with E-state index in [-0.39, 0.29) is 24.4 Å². The number of benzene rings is 2. The Morgan fingerprint density at radius 1 is 0.963 bits per heavy atom. The van der Waals surface area contributed by atoms with Crippen LogP contribution in [0, 0.1) is 0 Å². The van der Waals surface area contributed by atoms with Crippen molar-refractivity contribution in [1.82, 2.24) is 10.3 Å². The number of amides is 1. The predicted molar refractivity (Wildman–Crippen MR) is 104 cm³/mol. The van der Waals surface area contributed by atoms with Gasteiger partial charge < -0.3 is 10.1 Å². The highest BCUT2D eigenvalue weighted by Crippen LogP contribution is 2.19. The Bertz CT molecular complexity index is 938. The number of carbonyl (C=O) groups is 2. The Morgan fingerprint density at radius 3 is 2.41 bits per heavy atom. The molecule has 0 aliphatic carbocycles. The molecule has 1 amide bonds. The summed E-state index contributed by atoms with van der Waals surface area (Å²) in [4.78, 5) is 29.3. The first-order valence-electron chi connectivity index (χ1n) is 8.94. The minimum Gasteiger partial charge on any atom is -0.463 e. The summed E-state index contributed by atoms with van der Waals surface area (Å²) in [6, 6.07) is 20.1. The van der Waals surface area contributed by atoms with Crippen molar-refractivity contribution in [3.05, 3.63) is 78.0 Å². The first-order chi connectivity index (χ1) is 13.0. The third-order valence-electron chi connectivity index (χ3n) is 4.08. The minimum atomic E-state index is -0.488. The highest BCUT2D eigenvalue weighted by atomic mass is 16.5. The summed E-state index contributed by atoms with van der Waals surface area (Å²) in [5.74, 6) is -0.683. The highest BCUT2D eigenvalue weighted by Gasteiger charge is 2.21. The Hall–Kier alpha value is -3.21. The number of para-hydroxylation sites is 1. The average molecular weight is 362 g/mol. The molecule has 3 aromatic rings. The maximum atomic E-state index is 12.8. The van der Waals surface area contributed by atoms with E-state index in [1.165, 1.54) is 0 Å². The van der Waals surface area contributed by atoms with Gasteiger partial charge in [0, 0.05) is 5.39 Å². The molecule has 0 bridgehead atoms. The van der Waals surface area contributed by atoms with Gasteiger partial charge >= 0.3 is 5.97 Å². The van der Waals surface area contributed by atoms with E-state index in [4.69, 9.17) is 4.74 Å². The summed E-state index contributed by atoms with van der Waals surface area (Å²) in [5, 5.41) is 3.88. The molecule has 138 valence electrons. The quantitative estimate of drug-likeness (QED) is 0.672. The van der Waals surface area contributed by atoms with Crippen molar-refractivity contribution >= 4 is 22.8 Å². The maximum absolute atomic E-state index is 12.8. The molecule has 1 aromatic heterocycles. The largest absolute Gasteiger partial charge is 0.463 e. The summed E-state index contributed by atoms with van der Waals surface area (Å²) >= 11 is 0. The second-order valence-electron chi connectivity index (χ2n) is 6.57. The molecule has 1 heterocycles. The van der Waals surface area contributed by atoms with Crippen LogP contribution in [0.3, 0.4) is 0 Å². The van der Waals surface area contributed by atoms with Crippen LogP contribution >= 0.6 is 0 Å². The maximum Gasteiger partial charge on any atom is 0.308 e. The fourth-order valence-corrected chi connectivity index (χ4v) is 2.84. The minimum absolute atomic E-state index is 0.0571. The van der Waals surface area contributed by atoms with Crippen molar-refractivity contribution in [1.29, 1.82) is 0 Å². The molecule has 5 nitrogen and oxygen atoms in total. The van der Waals surface area contributed by atoms with Crippen LogP contribution in [0.5, 0.6) is 0 Å². The topological polar surface area (TPSA) is 68.3 Å². The zero-order chi connectivity index (χ0) is 19.2. The molecule has 0 fully saturated rings. The van der Waals surface area contributed by atoms with Crippen LogP contribution in [-0.4, -0.2) is 23.0 Å². The number of hydrogen-bond donors (Lipinski definition) is 1. The van der Waals surface area contributed by atoms with Gasteiger partial charge in [0.05, 0.1) is 24.1 Å². The van der Waals surface area contributed by atoms with Crippen LogP contribution in [0.25, 0.3) is 10.9 Å². The van der Waals surface area contributed by atoms with E-state index in [0.717, 1.165) is 16.5 Å². The zero-order valence-corrected chi connectivity index (χ0v) is 15.4. The Labute approximate surface area is 158 Å². The van der Waals surface area contributed by atoms with Crippen LogP contribution in [0.1, 0.15) is 42.4 Å². The summed E-state index contributed by atoms with van der Waals surface area (Å²) in [5.41, 5.74) is 1.90. The Kier molecular flexibility index (Phi) is 5.81. The molecule has 5 heteroatoms. The molecule has 0 aliphatic rings. The van der Waals surface area contributed by atoms with Crippen molar-refractivity contribution in [2.75, 3.05) is 0 Å². The van der Waals surface area contributed by atoms with Crippen LogP contribution < -0.4 is 5.32 Å². The fraction of sp³-hybridized carbons (Fsp3) is 0.227. The van der Waals surface area contributed by atoms with Gasteiger partial charge in [0.25, 0.3) is 5.91 Å². The van der Waals surface area contributed by atoms with Crippen LogP contribution in [-0.2, 0) is 9.53 Å². The fourth-order valence-electron chi connectivity index (χ4n) is 2.84. The number of aromatic nitrogens is 1. The number of pyridine rings is 1. The van der Waals surface area contributed by atoms with E-state index in [0.29, 0.717) is 5.69 Å². The summed E-state index contributed by atoms with van der Waals surface area (Å²) in [6.07, 6.45) is -0.145. The van der Waals surface area contributed by atoms with Crippen molar-refractivity contribution in [2.45, 2.75) is 32.4 Å². The number of rotatable bonds is 6. The summed E-state index contributed by atoms with van der Waals surface area (Å²) < 4.78 is 5.24. The van der Waals surface area contributed by atoms with Crippen molar-refractivity contribution in [2.24, 2.45) is 0 Å². The molecule has 0 saturated carbocycles. The number of ether oxygens (including phenoxy) is 1. The Balaban J connectivity index is 1.81. The molecule has 0 spiro atoms. The van der Waals surface area contributed by atoms with Crippen LogP contribution in [0.15, 0.2) is 66.7 Å². The molecule has 27 heavy (non-hydrogen) atoms. The van der Waals surface area contributed by atoms with Gasteiger partial charge in [-0.3, -0.25) is 9.59 Å². The second kappa shape index (κ2) is 8.45. The highest BCUT2D eigenvalue weighted by molar-refractivity contribution is 5.95. The lowest BCUT2D eigenvalue weighted by molar-refractivity contribution is -0.147. The molecule has 1 atom stereocenters. The number of hydrogen-bond acceptors (Lipinski definition) is 4. The van der Waals surface area contributed by atoms with Gasteiger partial charge in [0.2, 0.25) is 0 Å². The van der Waals surface area contributed by atoms with Gasteiger partial charge in [-0.2, -0.15) is 0 Å². The molecule has 1 N–H and O–H groups in total. The lowest BCUT2D eigenvalue weighted by Gasteiger charge is -2.19. The molecule has 2 aromatic carbocycles. The van der Waals surface area contributed by atoms with Crippen LogP contribution in [0.4, 0.5) is 0 Å². The van der Waals surface area contributed by atoms with E-state index >= 15 is 0 Å². The first kappa shape index (κ1) is 18.6. The number of esters is 1. The molecule has 0 radical (unpaired) electrons. The number of nitrogens with zero attached hydrogens (tertiary/aromatic N) is 1. The monoisotopic (exact) mass is 362 g/mol. The van der Waals surface area contributed by atoms with Gasteiger partial charge in [-0.25, -0.2) is 4.98 Å². The van der Waals surface area contributed by atoms with E-state index < -0.39 is 6.04 Å². The van der Waals surface area contributed by atoms with Gasteiger partial charge in [0.15, 0.2) is 0 Å². The molecule has 3 rings (SSSR count). The van der Waals surface area contributed by atoms with E-state index in [1.807, 2.05) is 60.7 Å². The van der Waals surface area contributed by atoms with E-state index in [1.54, 1.807) is 19.9 Å². The smallest absolute Gasteiger partial charge is 0.308 e. The lowest BCUT2D eigenvalue weighted by Crippen LogP contribution is -2.31. The summed E-state index contributed by atoms with van der Waals surface area (Å²) in [6.45, 7) is 3.60. The average Bonchev–Trinajstić information content (AvgIpc) is 2.67. The number of nitrogens with one attached hydrogen (secondary N) is 1. The third-order valence-corrected chi connectivity index (χ3v) is 4.08. The summed E-state index contributed by atoms with van der Waals surface area (Å²) in [7, 11) is 0. The predicted octanol–water partition coefficient (Wildman–Crippen LogP) is 4.05. The van der Waals surface area contributed by atoms with Gasteiger partial charge in [-0.1, -0.05) is 54.6 Å². The molecular weight excluding hydrogens is 340 g/mol. The van der Waals surface area contributed by atoms with Gasteiger partial charge in [-0.05, 0) is 31.5 Å². The second-order valence-corrected chi connectivity index (χ2v) is 6.57. The van der Waals surface area contributed by atoms with E-state index in [9.17, 15) is 9.59 Å². The van der Waals surface area contributed by atoms with Crippen LogP contribution in [0.2, 0.25) is 0 Å². The Morgan fingerprint density at radius 2 is 1.67 bits per heavy atom. The van der Waals surface area contributed by atoms with Crippen molar-refractivity contribution < 1.29 is 14.3 Å². The zero-order valence-electron chi connectivity index (χ0n) is 15.4.